The van der Waals surface area contributed by atoms with Crippen molar-refractivity contribution in [2.45, 2.75) is 50.6 Å². The first-order valence-corrected chi connectivity index (χ1v) is 18.1. The van der Waals surface area contributed by atoms with Gasteiger partial charge in [-0.2, -0.15) is 0 Å². The number of benzene rings is 4. The van der Waals surface area contributed by atoms with Crippen molar-refractivity contribution < 1.29 is 37.0 Å². The molecule has 0 spiro atoms. The Morgan fingerprint density at radius 3 is 2.06 bits per heavy atom. The number of anilines is 1. The molecule has 0 aliphatic carbocycles. The van der Waals surface area contributed by atoms with Crippen LogP contribution in [0.3, 0.4) is 0 Å². The Morgan fingerprint density at radius 1 is 0.765 bits per heavy atom. The van der Waals surface area contributed by atoms with Gasteiger partial charge in [-0.3, -0.25) is 13.9 Å². The van der Waals surface area contributed by atoms with Crippen molar-refractivity contribution in [3.8, 4) is 23.0 Å². The van der Waals surface area contributed by atoms with Crippen LogP contribution in [0.25, 0.3) is 0 Å². The van der Waals surface area contributed by atoms with Crippen LogP contribution in [-0.2, 0) is 32.6 Å². The fourth-order valence-corrected chi connectivity index (χ4v) is 6.99. The molecule has 1 atom stereocenters. The first-order valence-electron chi connectivity index (χ1n) is 16.7. The van der Waals surface area contributed by atoms with E-state index in [0.717, 1.165) is 33.8 Å². The van der Waals surface area contributed by atoms with Gasteiger partial charge in [0.1, 0.15) is 24.1 Å². The Kier molecular flexibility index (Phi) is 13.7. The number of ether oxygens (including phenoxy) is 4. The fourth-order valence-electron chi connectivity index (χ4n) is 5.56. The summed E-state index contributed by atoms with van der Waals surface area (Å²) in [7, 11) is 1.24. The van der Waals surface area contributed by atoms with Gasteiger partial charge >= 0.3 is 0 Å². The van der Waals surface area contributed by atoms with Crippen molar-refractivity contribution in [1.82, 2.24) is 10.2 Å². The van der Waals surface area contributed by atoms with Gasteiger partial charge in [0.05, 0.1) is 39.0 Å². The molecule has 0 aliphatic rings. The van der Waals surface area contributed by atoms with Crippen LogP contribution in [0.4, 0.5) is 5.69 Å². The first kappa shape index (κ1) is 38.6. The van der Waals surface area contributed by atoms with E-state index >= 15 is 0 Å². The third-order valence-corrected chi connectivity index (χ3v) is 10.2. The van der Waals surface area contributed by atoms with E-state index in [9.17, 15) is 18.0 Å². The minimum Gasteiger partial charge on any atom is -0.497 e. The summed E-state index contributed by atoms with van der Waals surface area (Å²) in [6.07, 6.45) is 1.85. The molecule has 0 aromatic heterocycles. The highest BCUT2D eigenvalue weighted by molar-refractivity contribution is 7.92. The number of nitrogens with one attached hydrogen (secondary N) is 1. The number of hydrogen-bond donors (Lipinski definition) is 1. The zero-order valence-corrected chi connectivity index (χ0v) is 30.9. The van der Waals surface area contributed by atoms with Crippen LogP contribution in [-0.4, -0.2) is 72.7 Å². The molecule has 0 saturated carbocycles. The second kappa shape index (κ2) is 18.1. The van der Waals surface area contributed by atoms with Crippen molar-refractivity contribution >= 4 is 27.5 Å². The van der Waals surface area contributed by atoms with Crippen LogP contribution in [0.5, 0.6) is 23.0 Å². The number of sulfonamides is 1. The Labute approximate surface area is 301 Å². The van der Waals surface area contributed by atoms with Crippen LogP contribution in [0.1, 0.15) is 36.5 Å². The second-order valence-electron chi connectivity index (χ2n) is 11.9. The van der Waals surface area contributed by atoms with E-state index in [1.165, 1.54) is 57.6 Å². The van der Waals surface area contributed by atoms with Crippen molar-refractivity contribution in [1.29, 1.82) is 0 Å². The van der Waals surface area contributed by atoms with E-state index in [0.29, 0.717) is 18.0 Å². The average Bonchev–Trinajstić information content (AvgIpc) is 3.15. The largest absolute Gasteiger partial charge is 0.497 e. The molecule has 0 heterocycles. The minimum absolute atomic E-state index is 0.0529. The Morgan fingerprint density at radius 2 is 1.43 bits per heavy atom. The Balaban J connectivity index is 1.88. The molecular weight excluding hydrogens is 671 g/mol. The van der Waals surface area contributed by atoms with Gasteiger partial charge in [0.25, 0.3) is 10.0 Å². The van der Waals surface area contributed by atoms with Crippen molar-refractivity contribution in [3.63, 3.8) is 0 Å². The maximum atomic E-state index is 14.8. The molecule has 272 valence electrons. The summed E-state index contributed by atoms with van der Waals surface area (Å²) in [6.45, 7) is 3.82. The van der Waals surface area contributed by atoms with Gasteiger partial charge in [-0.05, 0) is 48.7 Å². The van der Waals surface area contributed by atoms with Gasteiger partial charge in [-0.25, -0.2) is 8.42 Å². The van der Waals surface area contributed by atoms with Crippen molar-refractivity contribution in [3.05, 3.63) is 108 Å². The lowest BCUT2D eigenvalue weighted by Gasteiger charge is -2.34. The maximum Gasteiger partial charge on any atom is 0.265 e. The van der Waals surface area contributed by atoms with Gasteiger partial charge in [0.15, 0.2) is 11.5 Å². The summed E-state index contributed by atoms with van der Waals surface area (Å²) in [6, 6.07) is 25.0. The van der Waals surface area contributed by atoms with E-state index in [4.69, 9.17) is 18.9 Å². The normalized spacial score (nSPS) is 11.6. The van der Waals surface area contributed by atoms with E-state index < -0.39 is 28.5 Å². The average molecular weight is 718 g/mol. The van der Waals surface area contributed by atoms with Gasteiger partial charge in [-0.15, -0.1) is 0 Å². The highest BCUT2D eigenvalue weighted by Crippen LogP contribution is 2.38. The predicted octanol–water partition coefficient (Wildman–Crippen LogP) is 5.78. The van der Waals surface area contributed by atoms with E-state index in [1.807, 2.05) is 68.4 Å². The summed E-state index contributed by atoms with van der Waals surface area (Å²) in [4.78, 5) is 30.2. The zero-order chi connectivity index (χ0) is 37.0. The molecule has 4 aromatic carbocycles. The van der Waals surface area contributed by atoms with Crippen molar-refractivity contribution in [2.75, 3.05) is 45.8 Å². The maximum absolute atomic E-state index is 14.8. The molecule has 4 rings (SSSR count). The minimum atomic E-state index is -4.48. The number of carbonyl (C=O) groups excluding carboxylic acids is 2. The third-order valence-electron chi connectivity index (χ3n) is 8.45. The summed E-state index contributed by atoms with van der Waals surface area (Å²) < 4.78 is 52.1. The molecular formula is C39H47N3O8S. The highest BCUT2D eigenvalue weighted by Gasteiger charge is 2.36. The smallest absolute Gasteiger partial charge is 0.265 e. The first-order chi connectivity index (χ1) is 24.6. The Bertz CT molecular complexity index is 1870. The lowest BCUT2D eigenvalue weighted by atomic mass is 10.0. The summed E-state index contributed by atoms with van der Waals surface area (Å²) in [5.74, 6) is 0.128. The van der Waals surface area contributed by atoms with Crippen LogP contribution in [0.2, 0.25) is 0 Å². The van der Waals surface area contributed by atoms with Gasteiger partial charge < -0.3 is 29.2 Å². The second-order valence-corrected chi connectivity index (χ2v) is 13.8. The summed E-state index contributed by atoms with van der Waals surface area (Å²) in [5.41, 5.74) is 2.73. The zero-order valence-electron chi connectivity index (χ0n) is 30.0. The number of hydrogen-bond acceptors (Lipinski definition) is 8. The van der Waals surface area contributed by atoms with Crippen LogP contribution in [0.15, 0.2) is 95.9 Å². The van der Waals surface area contributed by atoms with Gasteiger partial charge in [0, 0.05) is 31.6 Å². The monoisotopic (exact) mass is 717 g/mol. The standard InChI is InChI=1S/C39H47N3O8S/c1-7-8-22-40-39(44)34(23-29-12-10-9-11-13-29)41(26-30-16-14-28(2)15-17-30)38(43)27-42(33-24-31(47-3)18-20-35(33)48-4)51(45,46)32-19-21-36(49-5)37(25-32)50-6/h9-21,24-25,34H,7-8,22-23,26-27H2,1-6H3,(H,40,44). The van der Waals surface area contributed by atoms with Crippen LogP contribution in [0, 0.1) is 6.92 Å². The summed E-state index contributed by atoms with van der Waals surface area (Å²) in [5, 5.41) is 3.01. The fraction of sp³-hybridized carbons (Fsp3) is 0.333. The molecule has 11 nitrogen and oxygen atoms in total. The van der Waals surface area contributed by atoms with Crippen LogP contribution >= 0.6 is 0 Å². The van der Waals surface area contributed by atoms with E-state index in [2.05, 4.69) is 5.32 Å². The van der Waals surface area contributed by atoms with Crippen LogP contribution < -0.4 is 28.6 Å². The molecule has 51 heavy (non-hydrogen) atoms. The number of rotatable bonds is 18. The lowest BCUT2D eigenvalue weighted by molar-refractivity contribution is -0.140. The number of methoxy groups -OCH3 is 4. The highest BCUT2D eigenvalue weighted by atomic mass is 32.2. The number of carbonyl (C=O) groups is 2. The molecule has 0 aliphatic heterocycles. The molecule has 4 aromatic rings. The molecule has 0 bridgehead atoms. The number of nitrogens with zero attached hydrogens (tertiary/aromatic N) is 2. The number of amides is 2. The number of unbranched alkanes of at least 4 members (excludes halogenated alkanes) is 1. The summed E-state index contributed by atoms with van der Waals surface area (Å²) >= 11 is 0. The lowest BCUT2D eigenvalue weighted by Crippen LogP contribution is -2.53. The molecule has 0 saturated heterocycles. The molecule has 1 N–H and O–H groups in total. The van der Waals surface area contributed by atoms with Gasteiger partial charge in [0.2, 0.25) is 11.8 Å². The Hall–Kier alpha value is -5.23. The molecule has 12 heteroatoms. The quantitative estimate of drug-likeness (QED) is 0.129. The third kappa shape index (κ3) is 9.72. The molecule has 2 amide bonds. The molecule has 0 radical (unpaired) electrons. The van der Waals surface area contributed by atoms with E-state index in [1.54, 1.807) is 12.1 Å². The topological polar surface area (TPSA) is 124 Å². The van der Waals surface area contributed by atoms with Gasteiger partial charge in [-0.1, -0.05) is 73.5 Å². The predicted molar refractivity (Wildman–Crippen MR) is 197 cm³/mol. The SMILES string of the molecule is CCCCNC(=O)C(Cc1ccccc1)N(Cc1ccc(C)cc1)C(=O)CN(c1cc(OC)ccc1OC)S(=O)(=O)c1ccc(OC)c(OC)c1. The molecule has 1 unspecified atom stereocenters. The van der Waals surface area contributed by atoms with E-state index in [-0.39, 0.29) is 41.0 Å². The molecule has 0 fully saturated rings. The van der Waals surface area contributed by atoms with Crippen molar-refractivity contribution in [2.24, 2.45) is 0 Å². The number of aryl methyl sites for hydroxylation is 1.